The zero-order valence-corrected chi connectivity index (χ0v) is 12.4. The molecule has 2 N–H and O–H groups in total. The van der Waals surface area contributed by atoms with Crippen LogP contribution >= 0.6 is 0 Å². The van der Waals surface area contributed by atoms with Crippen molar-refractivity contribution in [1.29, 1.82) is 0 Å². The van der Waals surface area contributed by atoms with Crippen molar-refractivity contribution in [1.82, 2.24) is 0 Å². The van der Waals surface area contributed by atoms with Gasteiger partial charge in [0.15, 0.2) is 15.6 Å². The van der Waals surface area contributed by atoms with E-state index in [1.54, 1.807) is 45.0 Å². The minimum Gasteiger partial charge on any atom is -0.318 e. The van der Waals surface area contributed by atoms with Crippen LogP contribution in [0.15, 0.2) is 30.3 Å². The lowest BCUT2D eigenvalue weighted by atomic mass is 10.0. The van der Waals surface area contributed by atoms with Crippen LogP contribution in [0, 0.1) is 0 Å². The molecule has 19 heavy (non-hydrogen) atoms. The molecule has 0 aliphatic heterocycles. The molecule has 1 rings (SSSR count). The van der Waals surface area contributed by atoms with E-state index in [0.717, 1.165) is 0 Å². The second-order valence-corrected chi connectivity index (χ2v) is 8.40. The molecule has 4 nitrogen and oxygen atoms in total. The summed E-state index contributed by atoms with van der Waals surface area (Å²) < 4.78 is 23.0. The minimum atomic E-state index is -3.28. The Hall–Kier alpha value is -1.20. The van der Waals surface area contributed by atoms with Crippen molar-refractivity contribution in [2.75, 3.05) is 5.75 Å². The molecule has 0 heterocycles. The standard InChI is InChI=1S/C14H21NO3S/c1-14(2,3)19(17,18)10-9-12(16)13(15)11-7-5-4-6-8-11/h4-8,13H,9-10,15H2,1-3H3/t13-/m1/s1. The third-order valence-electron chi connectivity index (χ3n) is 3.06. The van der Waals surface area contributed by atoms with E-state index in [4.69, 9.17) is 5.73 Å². The summed E-state index contributed by atoms with van der Waals surface area (Å²) in [5.41, 5.74) is 6.54. The van der Waals surface area contributed by atoms with Gasteiger partial charge >= 0.3 is 0 Å². The van der Waals surface area contributed by atoms with Crippen LogP contribution in [0.25, 0.3) is 0 Å². The molecule has 0 saturated heterocycles. The Morgan fingerprint density at radius 3 is 2.21 bits per heavy atom. The van der Waals surface area contributed by atoms with E-state index in [1.165, 1.54) is 0 Å². The van der Waals surface area contributed by atoms with Gasteiger partial charge in [0, 0.05) is 6.42 Å². The molecule has 0 aliphatic rings. The number of Topliss-reactive ketones (excluding diaryl/α,β-unsaturated/α-hetero) is 1. The smallest absolute Gasteiger partial charge is 0.155 e. The summed E-state index contributed by atoms with van der Waals surface area (Å²) in [6.07, 6.45) is -0.0460. The van der Waals surface area contributed by atoms with Crippen LogP contribution in [-0.2, 0) is 14.6 Å². The number of hydrogen-bond donors (Lipinski definition) is 1. The highest BCUT2D eigenvalue weighted by molar-refractivity contribution is 7.92. The molecule has 0 amide bonds. The molecule has 0 radical (unpaired) electrons. The lowest BCUT2D eigenvalue weighted by Crippen LogP contribution is -2.32. The molecule has 0 spiro atoms. The second-order valence-electron chi connectivity index (χ2n) is 5.54. The van der Waals surface area contributed by atoms with E-state index in [0.29, 0.717) is 5.56 Å². The number of carbonyl (C=O) groups is 1. The van der Waals surface area contributed by atoms with Crippen molar-refractivity contribution < 1.29 is 13.2 Å². The molecule has 1 atom stereocenters. The maximum absolute atomic E-state index is 11.9. The van der Waals surface area contributed by atoms with Crippen molar-refractivity contribution in [3.8, 4) is 0 Å². The molecule has 0 unspecified atom stereocenters. The first-order chi connectivity index (χ1) is 8.65. The molecule has 106 valence electrons. The van der Waals surface area contributed by atoms with Crippen molar-refractivity contribution in [2.24, 2.45) is 5.73 Å². The molecular formula is C14H21NO3S. The Morgan fingerprint density at radius 1 is 1.21 bits per heavy atom. The van der Waals surface area contributed by atoms with Gasteiger partial charge in [0.25, 0.3) is 0 Å². The number of rotatable bonds is 5. The lowest BCUT2D eigenvalue weighted by Gasteiger charge is -2.19. The van der Waals surface area contributed by atoms with Gasteiger partial charge in [-0.3, -0.25) is 4.79 Å². The molecule has 0 aromatic heterocycles. The van der Waals surface area contributed by atoms with Gasteiger partial charge in [-0.25, -0.2) is 8.42 Å². The summed E-state index contributed by atoms with van der Waals surface area (Å²) in [7, 11) is -3.28. The van der Waals surface area contributed by atoms with E-state index in [-0.39, 0.29) is 18.0 Å². The fraction of sp³-hybridized carbons (Fsp3) is 0.500. The van der Waals surface area contributed by atoms with Crippen molar-refractivity contribution in [3.63, 3.8) is 0 Å². The molecule has 1 aromatic rings. The number of ketones is 1. The van der Waals surface area contributed by atoms with Gasteiger partial charge in [-0.1, -0.05) is 30.3 Å². The Bertz CT molecular complexity index is 530. The lowest BCUT2D eigenvalue weighted by molar-refractivity contribution is -0.120. The van der Waals surface area contributed by atoms with Gasteiger partial charge in [-0.05, 0) is 26.3 Å². The van der Waals surface area contributed by atoms with Crippen molar-refractivity contribution in [3.05, 3.63) is 35.9 Å². The zero-order chi connectivity index (χ0) is 14.7. The Morgan fingerprint density at radius 2 is 1.74 bits per heavy atom. The topological polar surface area (TPSA) is 77.2 Å². The fourth-order valence-corrected chi connectivity index (χ4v) is 2.63. The molecule has 5 heteroatoms. The van der Waals surface area contributed by atoms with Crippen molar-refractivity contribution in [2.45, 2.75) is 38.0 Å². The first-order valence-electron chi connectivity index (χ1n) is 6.21. The Kier molecular flexibility index (Phi) is 4.87. The summed E-state index contributed by atoms with van der Waals surface area (Å²) >= 11 is 0. The summed E-state index contributed by atoms with van der Waals surface area (Å²) in [5, 5.41) is 0. The number of benzene rings is 1. The third-order valence-corrected chi connectivity index (χ3v) is 5.66. The molecule has 0 bridgehead atoms. The van der Waals surface area contributed by atoms with E-state index >= 15 is 0 Å². The average Bonchev–Trinajstić information content (AvgIpc) is 2.35. The maximum Gasteiger partial charge on any atom is 0.155 e. The minimum absolute atomic E-state index is 0.0460. The van der Waals surface area contributed by atoms with Crippen LogP contribution in [0.3, 0.4) is 0 Å². The van der Waals surface area contributed by atoms with Gasteiger partial charge in [0.05, 0.1) is 16.5 Å². The quantitative estimate of drug-likeness (QED) is 0.894. The highest BCUT2D eigenvalue weighted by Crippen LogP contribution is 2.19. The predicted molar refractivity (Wildman–Crippen MR) is 76.5 cm³/mol. The van der Waals surface area contributed by atoms with Crippen molar-refractivity contribution >= 4 is 15.6 Å². The van der Waals surface area contributed by atoms with Crippen LogP contribution < -0.4 is 5.73 Å². The van der Waals surface area contributed by atoms with E-state index in [2.05, 4.69) is 0 Å². The number of carbonyl (C=O) groups excluding carboxylic acids is 1. The summed E-state index contributed by atoms with van der Waals surface area (Å²) in [5.74, 6) is -0.408. The Labute approximate surface area is 114 Å². The van der Waals surface area contributed by atoms with Crippen LogP contribution in [0.4, 0.5) is 0 Å². The molecule has 0 aliphatic carbocycles. The van der Waals surface area contributed by atoms with Crippen LogP contribution in [-0.4, -0.2) is 24.7 Å². The van der Waals surface area contributed by atoms with Crippen LogP contribution in [0.5, 0.6) is 0 Å². The summed E-state index contributed by atoms with van der Waals surface area (Å²) in [6, 6.07) is 8.21. The molecule has 0 saturated carbocycles. The van der Waals surface area contributed by atoms with Gasteiger partial charge in [0.2, 0.25) is 0 Å². The molecular weight excluding hydrogens is 262 g/mol. The largest absolute Gasteiger partial charge is 0.318 e. The predicted octanol–water partition coefficient (Wildman–Crippen LogP) is 1.86. The highest BCUT2D eigenvalue weighted by Gasteiger charge is 2.30. The Balaban J connectivity index is 2.68. The monoisotopic (exact) mass is 283 g/mol. The summed E-state index contributed by atoms with van der Waals surface area (Å²) in [4.78, 5) is 11.9. The maximum atomic E-state index is 11.9. The SMILES string of the molecule is CC(C)(C)S(=O)(=O)CCC(=O)[C@H](N)c1ccccc1. The van der Waals surface area contributed by atoms with Crippen LogP contribution in [0.1, 0.15) is 38.8 Å². The highest BCUT2D eigenvalue weighted by atomic mass is 32.2. The molecule has 0 fully saturated rings. The van der Waals surface area contributed by atoms with Gasteiger partial charge in [0.1, 0.15) is 0 Å². The van der Waals surface area contributed by atoms with E-state index < -0.39 is 20.6 Å². The third kappa shape index (κ3) is 4.14. The van der Waals surface area contributed by atoms with Gasteiger partial charge in [-0.2, -0.15) is 0 Å². The number of sulfone groups is 1. The van der Waals surface area contributed by atoms with E-state index in [9.17, 15) is 13.2 Å². The zero-order valence-electron chi connectivity index (χ0n) is 11.6. The fourth-order valence-electron chi connectivity index (χ4n) is 1.54. The first-order valence-corrected chi connectivity index (χ1v) is 7.86. The van der Waals surface area contributed by atoms with Gasteiger partial charge in [-0.15, -0.1) is 0 Å². The van der Waals surface area contributed by atoms with Crippen LogP contribution in [0.2, 0.25) is 0 Å². The molecule has 1 aromatic carbocycles. The summed E-state index contributed by atoms with van der Waals surface area (Å²) in [6.45, 7) is 4.89. The average molecular weight is 283 g/mol. The van der Waals surface area contributed by atoms with Gasteiger partial charge < -0.3 is 5.73 Å². The number of nitrogens with two attached hydrogens (primary N) is 1. The van der Waals surface area contributed by atoms with E-state index in [1.807, 2.05) is 6.07 Å². The number of hydrogen-bond acceptors (Lipinski definition) is 4. The first kappa shape index (κ1) is 15.9. The normalized spacial score (nSPS) is 14.1. The second kappa shape index (κ2) is 5.84.